The van der Waals surface area contributed by atoms with Gasteiger partial charge < -0.3 is 19.4 Å². The Morgan fingerprint density at radius 2 is 2.06 bits per heavy atom. The first-order valence-corrected chi connectivity index (χ1v) is 10.1. The van der Waals surface area contributed by atoms with Crippen molar-refractivity contribution in [1.29, 1.82) is 5.41 Å². The summed E-state index contributed by atoms with van der Waals surface area (Å²) in [5, 5.41) is 11.5. The average molecular weight is 464 g/mol. The fourth-order valence-corrected chi connectivity index (χ4v) is 3.55. The Morgan fingerprint density at radius 1 is 1.27 bits per heavy atom. The van der Waals surface area contributed by atoms with Gasteiger partial charge in [-0.25, -0.2) is 4.39 Å². The lowest BCUT2D eigenvalue weighted by Gasteiger charge is -2.21. The molecule has 174 valence electrons. The first-order chi connectivity index (χ1) is 15.7. The first-order valence-electron chi connectivity index (χ1n) is 10.1. The van der Waals surface area contributed by atoms with Crippen LogP contribution in [-0.2, 0) is 4.74 Å². The molecule has 3 aromatic rings. The third-order valence-electron chi connectivity index (χ3n) is 5.13. The fourth-order valence-electron chi connectivity index (χ4n) is 3.55. The first kappa shape index (κ1) is 22.7. The summed E-state index contributed by atoms with van der Waals surface area (Å²) in [7, 11) is 0. The van der Waals surface area contributed by atoms with Crippen LogP contribution in [0, 0.1) is 5.41 Å². The third-order valence-corrected chi connectivity index (χ3v) is 5.13. The lowest BCUT2D eigenvalue weighted by molar-refractivity contribution is -0.115. The smallest absolute Gasteiger partial charge is 0.405 e. The molecule has 2 aromatic heterocycles. The van der Waals surface area contributed by atoms with Gasteiger partial charge in [-0.15, -0.1) is 0 Å². The van der Waals surface area contributed by atoms with E-state index in [2.05, 4.69) is 10.3 Å². The number of alkyl halides is 4. The van der Waals surface area contributed by atoms with E-state index in [-0.39, 0.29) is 49.0 Å². The van der Waals surface area contributed by atoms with Gasteiger partial charge in [0.05, 0.1) is 25.5 Å². The normalized spacial score (nSPS) is 17.1. The number of halogens is 4. The van der Waals surface area contributed by atoms with Crippen molar-refractivity contribution in [3.8, 4) is 0 Å². The molecule has 1 atom stereocenters. The molecule has 4 rings (SSSR count). The van der Waals surface area contributed by atoms with Crippen molar-refractivity contribution in [2.75, 3.05) is 38.2 Å². The highest BCUT2D eigenvalue weighted by molar-refractivity contribution is 6.19. The topological polar surface area (TPSA) is 91.5 Å². The number of nitrogens with zero attached hydrogens (tertiary/aromatic N) is 2. The second kappa shape index (κ2) is 9.18. The molecule has 1 aliphatic heterocycles. The number of fused-ring (bicyclic) bond motifs is 1. The number of anilines is 1. The Hall–Kier alpha value is -3.47. The molecular weight excluding hydrogens is 444 g/mol. The largest absolute Gasteiger partial charge is 0.464 e. The van der Waals surface area contributed by atoms with Crippen LogP contribution >= 0.6 is 0 Å². The number of hydrogen-bond donors (Lipinski definition) is 2. The summed E-state index contributed by atoms with van der Waals surface area (Å²) in [4.78, 5) is 18.1. The van der Waals surface area contributed by atoms with E-state index in [0.29, 0.717) is 16.5 Å². The standard InChI is InChI=1S/C22H20F4N4O3/c23-13-9-30(5-6-32-10-13)21(31)18-7-17(29-12-22(24,25)26)15(8-28-18)20(27)16-11-33-19-4-2-1-3-14(16)19/h1-4,7-8,11,13,27H,5-6,9-10,12H2,(H,28,29). The number of benzene rings is 1. The Balaban J connectivity index is 1.69. The second-order valence-electron chi connectivity index (χ2n) is 7.53. The number of carbonyl (C=O) groups excluding carboxylic acids is 1. The number of amides is 1. The minimum atomic E-state index is -4.53. The highest BCUT2D eigenvalue weighted by Gasteiger charge is 2.29. The minimum absolute atomic E-state index is 0.0601. The molecule has 1 amide bonds. The van der Waals surface area contributed by atoms with Crippen molar-refractivity contribution in [2.45, 2.75) is 12.3 Å². The van der Waals surface area contributed by atoms with Gasteiger partial charge in [0, 0.05) is 34.9 Å². The highest BCUT2D eigenvalue weighted by atomic mass is 19.4. The molecule has 1 fully saturated rings. The molecule has 1 saturated heterocycles. The number of hydrogen-bond acceptors (Lipinski definition) is 6. The summed E-state index contributed by atoms with van der Waals surface area (Å²) >= 11 is 0. The zero-order valence-electron chi connectivity index (χ0n) is 17.3. The van der Waals surface area contributed by atoms with Gasteiger partial charge in [-0.1, -0.05) is 18.2 Å². The van der Waals surface area contributed by atoms with Crippen molar-refractivity contribution in [3.63, 3.8) is 0 Å². The van der Waals surface area contributed by atoms with Crippen LogP contribution < -0.4 is 5.32 Å². The predicted molar refractivity (Wildman–Crippen MR) is 113 cm³/mol. The van der Waals surface area contributed by atoms with Gasteiger partial charge in [0.15, 0.2) is 0 Å². The van der Waals surface area contributed by atoms with Gasteiger partial charge in [0.2, 0.25) is 0 Å². The van der Waals surface area contributed by atoms with Crippen LogP contribution in [-0.4, -0.2) is 66.7 Å². The Morgan fingerprint density at radius 3 is 2.85 bits per heavy atom. The van der Waals surface area contributed by atoms with Crippen LogP contribution in [0.25, 0.3) is 11.0 Å². The van der Waals surface area contributed by atoms with Crippen LogP contribution in [0.1, 0.15) is 21.6 Å². The maximum absolute atomic E-state index is 13.8. The summed E-state index contributed by atoms with van der Waals surface area (Å²) < 4.78 is 63.1. The van der Waals surface area contributed by atoms with Crippen molar-refractivity contribution in [1.82, 2.24) is 9.88 Å². The lowest BCUT2D eigenvalue weighted by atomic mass is 10.0. The molecule has 1 aromatic carbocycles. The van der Waals surface area contributed by atoms with Crippen LogP contribution in [0.2, 0.25) is 0 Å². The van der Waals surface area contributed by atoms with E-state index in [9.17, 15) is 22.4 Å². The molecular formula is C22H20F4N4O3. The second-order valence-corrected chi connectivity index (χ2v) is 7.53. The molecule has 1 aliphatic rings. The summed E-state index contributed by atoms with van der Waals surface area (Å²) in [6.07, 6.45) is -3.39. The monoisotopic (exact) mass is 464 g/mol. The molecule has 0 radical (unpaired) electrons. The van der Waals surface area contributed by atoms with Gasteiger partial charge >= 0.3 is 6.18 Å². The fraction of sp³-hybridized carbons (Fsp3) is 0.318. The van der Waals surface area contributed by atoms with E-state index in [4.69, 9.17) is 14.6 Å². The summed E-state index contributed by atoms with van der Waals surface area (Å²) in [6.45, 7) is -1.44. The number of pyridine rings is 1. The van der Waals surface area contributed by atoms with Gasteiger partial charge in [-0.05, 0) is 12.1 Å². The van der Waals surface area contributed by atoms with Crippen LogP contribution in [0.4, 0.5) is 23.2 Å². The van der Waals surface area contributed by atoms with Crippen molar-refractivity contribution < 1.29 is 31.5 Å². The number of carbonyl (C=O) groups is 1. The highest BCUT2D eigenvalue weighted by Crippen LogP contribution is 2.28. The zero-order valence-corrected chi connectivity index (χ0v) is 17.3. The molecule has 0 aliphatic carbocycles. The Labute approximate surface area is 185 Å². The number of ether oxygens (including phenoxy) is 1. The molecule has 0 bridgehead atoms. The quantitative estimate of drug-likeness (QED) is 0.440. The van der Waals surface area contributed by atoms with E-state index in [1.54, 1.807) is 24.3 Å². The van der Waals surface area contributed by atoms with Crippen molar-refractivity contribution in [2.24, 2.45) is 0 Å². The molecule has 0 saturated carbocycles. The Bertz CT molecular complexity index is 1180. The van der Waals surface area contributed by atoms with E-state index < -0.39 is 24.8 Å². The molecule has 0 spiro atoms. The number of nitrogens with one attached hydrogen (secondary N) is 2. The zero-order chi connectivity index (χ0) is 23.6. The SMILES string of the molecule is N=C(c1cnc(C(=O)N2CCOCC(F)C2)cc1NCC(F)(F)F)c1coc2ccccc12. The Kier molecular flexibility index (Phi) is 6.32. The van der Waals surface area contributed by atoms with Crippen LogP contribution in [0.5, 0.6) is 0 Å². The summed E-state index contributed by atoms with van der Waals surface area (Å²) in [5.74, 6) is -0.634. The number of para-hydroxylation sites is 1. The van der Waals surface area contributed by atoms with E-state index >= 15 is 0 Å². The van der Waals surface area contributed by atoms with E-state index in [1.165, 1.54) is 11.2 Å². The summed E-state index contributed by atoms with van der Waals surface area (Å²) in [5.41, 5.74) is 0.566. The maximum Gasteiger partial charge on any atom is 0.405 e. The van der Waals surface area contributed by atoms with Crippen molar-refractivity contribution in [3.05, 3.63) is 59.6 Å². The molecule has 33 heavy (non-hydrogen) atoms. The van der Waals surface area contributed by atoms with Crippen LogP contribution in [0.15, 0.2) is 47.2 Å². The van der Waals surface area contributed by atoms with E-state index in [0.717, 1.165) is 12.3 Å². The van der Waals surface area contributed by atoms with Gasteiger partial charge in [-0.3, -0.25) is 15.2 Å². The molecule has 11 heteroatoms. The summed E-state index contributed by atoms with van der Waals surface area (Å²) in [6, 6.07) is 8.09. The predicted octanol–water partition coefficient (Wildman–Crippen LogP) is 4.03. The molecule has 1 unspecified atom stereocenters. The van der Waals surface area contributed by atoms with Crippen LogP contribution in [0.3, 0.4) is 0 Å². The number of furan rings is 1. The number of rotatable bonds is 5. The van der Waals surface area contributed by atoms with Gasteiger partial charge in [-0.2, -0.15) is 13.2 Å². The minimum Gasteiger partial charge on any atom is -0.464 e. The third kappa shape index (κ3) is 5.14. The van der Waals surface area contributed by atoms with Crippen molar-refractivity contribution >= 4 is 28.3 Å². The molecule has 3 heterocycles. The van der Waals surface area contributed by atoms with Gasteiger partial charge in [0.25, 0.3) is 5.91 Å². The van der Waals surface area contributed by atoms with Gasteiger partial charge in [0.1, 0.15) is 30.3 Å². The molecule has 2 N–H and O–H groups in total. The number of aromatic nitrogens is 1. The van der Waals surface area contributed by atoms with E-state index in [1.807, 2.05) is 0 Å². The maximum atomic E-state index is 13.8. The average Bonchev–Trinajstić information content (AvgIpc) is 3.10. The lowest BCUT2D eigenvalue weighted by Crippen LogP contribution is -2.37. The molecule has 7 nitrogen and oxygen atoms in total.